The molecular weight excluding hydrogens is 400 g/mol. The number of amides is 1. The number of piperidine rings is 1. The molecule has 0 radical (unpaired) electrons. The number of aromatic hydroxyl groups is 1. The topological polar surface area (TPSA) is 77.9 Å². The first-order chi connectivity index (χ1) is 14.3. The van der Waals surface area contributed by atoms with Crippen LogP contribution in [0.3, 0.4) is 0 Å². The van der Waals surface area contributed by atoms with Gasteiger partial charge in [0.25, 0.3) is 5.91 Å². The van der Waals surface area contributed by atoms with E-state index in [1.54, 1.807) is 38.1 Å². The van der Waals surface area contributed by atoms with E-state index in [4.69, 9.17) is 0 Å². The Hall–Kier alpha value is -2.38. The summed E-state index contributed by atoms with van der Waals surface area (Å²) in [4.78, 5) is 15.2. The monoisotopic (exact) mass is 430 g/mol. The van der Waals surface area contributed by atoms with E-state index in [2.05, 4.69) is 0 Å². The molecule has 30 heavy (non-hydrogen) atoms. The van der Waals surface area contributed by atoms with Gasteiger partial charge in [-0.25, -0.2) is 8.42 Å². The maximum absolute atomic E-state index is 13.2. The van der Waals surface area contributed by atoms with Gasteiger partial charge in [-0.2, -0.15) is 4.31 Å². The van der Waals surface area contributed by atoms with Crippen molar-refractivity contribution in [2.45, 2.75) is 44.4 Å². The molecule has 7 heteroatoms. The fourth-order valence-electron chi connectivity index (χ4n) is 4.04. The summed E-state index contributed by atoms with van der Waals surface area (Å²) in [5, 5.41) is 9.47. The van der Waals surface area contributed by atoms with Gasteiger partial charge in [-0.15, -0.1) is 0 Å². The van der Waals surface area contributed by atoms with Crippen LogP contribution >= 0.6 is 0 Å². The van der Waals surface area contributed by atoms with Gasteiger partial charge in [-0.05, 0) is 61.1 Å². The Kier molecular flexibility index (Phi) is 6.83. The minimum Gasteiger partial charge on any atom is -0.508 e. The van der Waals surface area contributed by atoms with Gasteiger partial charge in [-0.1, -0.05) is 32.0 Å². The summed E-state index contributed by atoms with van der Waals surface area (Å²) < 4.78 is 27.1. The molecule has 0 aromatic heterocycles. The molecule has 1 N–H and O–H groups in total. The zero-order chi connectivity index (χ0) is 21.9. The van der Waals surface area contributed by atoms with Crippen molar-refractivity contribution in [3.8, 4) is 5.75 Å². The minimum atomic E-state index is -3.61. The van der Waals surface area contributed by atoms with E-state index in [-0.39, 0.29) is 16.6 Å². The molecule has 0 saturated carbocycles. The number of hydrogen-bond donors (Lipinski definition) is 1. The van der Waals surface area contributed by atoms with Gasteiger partial charge in [0.2, 0.25) is 10.0 Å². The van der Waals surface area contributed by atoms with E-state index < -0.39 is 10.0 Å². The average Bonchev–Trinajstić information content (AvgIpc) is 2.75. The van der Waals surface area contributed by atoms with Crippen LogP contribution < -0.4 is 0 Å². The van der Waals surface area contributed by atoms with Crippen LogP contribution in [0.2, 0.25) is 0 Å². The summed E-state index contributed by atoms with van der Waals surface area (Å²) in [5.41, 5.74) is 2.40. The van der Waals surface area contributed by atoms with Crippen molar-refractivity contribution in [1.29, 1.82) is 0 Å². The number of carbonyl (C=O) groups is 1. The molecule has 0 aliphatic carbocycles. The Morgan fingerprint density at radius 3 is 2.23 bits per heavy atom. The zero-order valence-corrected chi connectivity index (χ0v) is 18.7. The highest BCUT2D eigenvalue weighted by molar-refractivity contribution is 7.89. The fraction of sp³-hybridized carbons (Fsp3) is 0.435. The third-order valence-electron chi connectivity index (χ3n) is 5.93. The van der Waals surface area contributed by atoms with Gasteiger partial charge in [0.1, 0.15) is 5.75 Å². The lowest BCUT2D eigenvalue weighted by molar-refractivity contribution is 0.0712. The molecule has 1 fully saturated rings. The maximum atomic E-state index is 13.2. The summed E-state index contributed by atoms with van der Waals surface area (Å²) in [6, 6.07) is 12.1. The van der Waals surface area contributed by atoms with E-state index in [0.717, 1.165) is 18.4 Å². The molecule has 6 nitrogen and oxygen atoms in total. The number of nitrogens with zero attached hydrogens (tertiary/aromatic N) is 2. The predicted molar refractivity (Wildman–Crippen MR) is 117 cm³/mol. The summed E-state index contributed by atoms with van der Waals surface area (Å²) in [5.74, 6) is 0.486. The van der Waals surface area contributed by atoms with E-state index in [9.17, 15) is 18.3 Å². The van der Waals surface area contributed by atoms with Crippen LogP contribution in [0, 0.1) is 6.92 Å². The molecular formula is C23H30N2O4S. The standard InChI is InChI=1S/C23H30N2O4S/c1-4-25(5-2)30(28,29)21-11-6-17(3)22(16-21)23(27)24-14-12-19(13-15-24)18-7-9-20(26)10-8-18/h6-11,16,19,26H,4-5,12-15H2,1-3H3. The molecule has 2 aromatic carbocycles. The van der Waals surface area contributed by atoms with Crippen LogP contribution in [-0.4, -0.2) is 54.8 Å². The third-order valence-corrected chi connectivity index (χ3v) is 7.98. The second kappa shape index (κ2) is 9.18. The van der Waals surface area contributed by atoms with Gasteiger partial charge >= 0.3 is 0 Å². The number of phenols is 1. The van der Waals surface area contributed by atoms with Crippen molar-refractivity contribution in [2.75, 3.05) is 26.2 Å². The number of sulfonamides is 1. The summed E-state index contributed by atoms with van der Waals surface area (Å²) >= 11 is 0. The number of phenolic OH excluding ortho intramolecular Hbond substituents is 1. The van der Waals surface area contributed by atoms with Gasteiger partial charge < -0.3 is 10.0 Å². The minimum absolute atomic E-state index is 0.117. The SMILES string of the molecule is CCN(CC)S(=O)(=O)c1ccc(C)c(C(=O)N2CCC(c3ccc(O)cc3)CC2)c1. The lowest BCUT2D eigenvalue weighted by atomic mass is 9.89. The van der Waals surface area contributed by atoms with E-state index in [1.165, 1.54) is 15.9 Å². The van der Waals surface area contributed by atoms with E-state index in [0.29, 0.717) is 37.7 Å². The second-order valence-corrected chi connectivity index (χ2v) is 9.66. The molecule has 0 atom stereocenters. The van der Waals surface area contributed by atoms with Crippen LogP contribution in [0.5, 0.6) is 5.75 Å². The Labute approximate surface area is 179 Å². The van der Waals surface area contributed by atoms with Crippen LogP contribution in [0.15, 0.2) is 47.4 Å². The number of aryl methyl sites for hydroxylation is 1. The molecule has 3 rings (SSSR count). The first-order valence-corrected chi connectivity index (χ1v) is 11.9. The quantitative estimate of drug-likeness (QED) is 0.757. The molecule has 162 valence electrons. The number of rotatable bonds is 6. The highest BCUT2D eigenvalue weighted by Crippen LogP contribution is 2.30. The predicted octanol–water partition coefficient (Wildman–Crippen LogP) is 3.75. The van der Waals surface area contributed by atoms with Crippen molar-refractivity contribution in [1.82, 2.24) is 9.21 Å². The normalized spacial score (nSPS) is 15.5. The van der Waals surface area contributed by atoms with Gasteiger partial charge in [-0.3, -0.25) is 4.79 Å². The first kappa shape index (κ1) is 22.3. The molecule has 2 aromatic rings. The largest absolute Gasteiger partial charge is 0.508 e. The summed E-state index contributed by atoms with van der Waals surface area (Å²) in [6.45, 7) is 7.47. The Bertz CT molecular complexity index is 990. The third kappa shape index (κ3) is 4.52. The molecule has 0 unspecified atom stereocenters. The van der Waals surface area contributed by atoms with Crippen molar-refractivity contribution in [2.24, 2.45) is 0 Å². The second-order valence-electron chi connectivity index (χ2n) is 7.72. The van der Waals surface area contributed by atoms with Gasteiger partial charge in [0, 0.05) is 31.7 Å². The summed E-state index contributed by atoms with van der Waals surface area (Å²) in [7, 11) is -3.61. The molecule has 0 spiro atoms. The van der Waals surface area contributed by atoms with Crippen LogP contribution in [-0.2, 0) is 10.0 Å². The number of hydrogen-bond acceptors (Lipinski definition) is 4. The highest BCUT2D eigenvalue weighted by atomic mass is 32.2. The van der Waals surface area contributed by atoms with Crippen LogP contribution in [0.1, 0.15) is 54.1 Å². The number of likely N-dealkylation sites (tertiary alicyclic amines) is 1. The van der Waals surface area contributed by atoms with Gasteiger partial charge in [0.15, 0.2) is 0 Å². The Morgan fingerprint density at radius 2 is 1.67 bits per heavy atom. The number of benzene rings is 2. The molecule has 1 heterocycles. The average molecular weight is 431 g/mol. The van der Waals surface area contributed by atoms with Crippen molar-refractivity contribution in [3.63, 3.8) is 0 Å². The highest BCUT2D eigenvalue weighted by Gasteiger charge is 2.28. The van der Waals surface area contributed by atoms with Crippen LogP contribution in [0.4, 0.5) is 0 Å². The van der Waals surface area contributed by atoms with Crippen molar-refractivity contribution in [3.05, 3.63) is 59.2 Å². The van der Waals surface area contributed by atoms with Gasteiger partial charge in [0.05, 0.1) is 4.90 Å². The van der Waals surface area contributed by atoms with E-state index >= 15 is 0 Å². The zero-order valence-electron chi connectivity index (χ0n) is 17.8. The van der Waals surface area contributed by atoms with Crippen molar-refractivity contribution >= 4 is 15.9 Å². The smallest absolute Gasteiger partial charge is 0.254 e. The van der Waals surface area contributed by atoms with E-state index in [1.807, 2.05) is 24.0 Å². The molecule has 1 amide bonds. The summed E-state index contributed by atoms with van der Waals surface area (Å²) in [6.07, 6.45) is 1.68. The Balaban J connectivity index is 1.76. The number of carbonyl (C=O) groups excluding carboxylic acids is 1. The Morgan fingerprint density at radius 1 is 1.07 bits per heavy atom. The molecule has 0 bridgehead atoms. The first-order valence-electron chi connectivity index (χ1n) is 10.5. The van der Waals surface area contributed by atoms with Crippen molar-refractivity contribution < 1.29 is 18.3 Å². The molecule has 1 saturated heterocycles. The lowest BCUT2D eigenvalue weighted by Gasteiger charge is -2.32. The molecule has 1 aliphatic heterocycles. The molecule has 1 aliphatic rings. The fourth-order valence-corrected chi connectivity index (χ4v) is 5.52. The maximum Gasteiger partial charge on any atom is 0.254 e. The lowest BCUT2D eigenvalue weighted by Crippen LogP contribution is -2.38. The van der Waals surface area contributed by atoms with Crippen LogP contribution in [0.25, 0.3) is 0 Å².